The lowest BCUT2D eigenvalue weighted by Crippen LogP contribution is -2.42. The van der Waals surface area contributed by atoms with Crippen molar-refractivity contribution in [1.29, 1.82) is 0 Å². The van der Waals surface area contributed by atoms with Crippen molar-refractivity contribution < 1.29 is 28.0 Å². The fraction of sp³-hybridized carbons (Fsp3) is 0.494. The van der Waals surface area contributed by atoms with E-state index in [0.29, 0.717) is 59.7 Å². The van der Waals surface area contributed by atoms with E-state index in [9.17, 15) is 23.4 Å². The molecule has 0 bridgehead atoms. The number of rotatable bonds is 17. The molecule has 0 saturated heterocycles. The summed E-state index contributed by atoms with van der Waals surface area (Å²) in [5.41, 5.74) is 42.5. The Morgan fingerprint density at radius 1 is 0.546 bits per heavy atom. The number of amides is 2. The van der Waals surface area contributed by atoms with Crippen molar-refractivity contribution in [3.8, 4) is 0 Å². The lowest BCUT2D eigenvalue weighted by Gasteiger charge is -2.28. The van der Waals surface area contributed by atoms with E-state index in [0.717, 1.165) is 99.8 Å². The zero-order chi connectivity index (χ0) is 78.1. The maximum absolute atomic E-state index is 12.7. The van der Waals surface area contributed by atoms with E-state index < -0.39 is 25.6 Å². The van der Waals surface area contributed by atoms with Crippen molar-refractivity contribution in [2.24, 2.45) is 23.1 Å². The second-order valence-electron chi connectivity index (χ2n) is 32.3. The highest BCUT2D eigenvalue weighted by Gasteiger charge is 2.34. The van der Waals surface area contributed by atoms with Gasteiger partial charge in [-0.15, -0.1) is 0 Å². The number of carbonyl (C=O) groups is 2. The fourth-order valence-electron chi connectivity index (χ4n) is 14.4. The number of nitrogens with zero attached hydrogens (tertiary/aromatic N) is 7. The summed E-state index contributed by atoms with van der Waals surface area (Å²) in [5.74, 6) is 4.12. The van der Waals surface area contributed by atoms with Crippen molar-refractivity contribution in [1.82, 2.24) is 45.4 Å². The van der Waals surface area contributed by atoms with Gasteiger partial charge < -0.3 is 31.8 Å². The highest BCUT2D eigenvalue weighted by Crippen LogP contribution is 2.35. The minimum atomic E-state index is -3.41. The molecule has 3 aliphatic heterocycles. The largest absolute Gasteiger partial charge is 0.491 e. The molecule has 5 aromatic heterocycles. The van der Waals surface area contributed by atoms with Gasteiger partial charge in [0.1, 0.15) is 0 Å². The van der Waals surface area contributed by atoms with Crippen molar-refractivity contribution in [3.05, 3.63) is 246 Å². The summed E-state index contributed by atoms with van der Waals surface area (Å²) in [4.78, 5) is 51.4. The van der Waals surface area contributed by atoms with E-state index in [1.165, 1.54) is 121 Å². The molecule has 16 nitrogen and oxygen atoms in total. The zero-order valence-electron chi connectivity index (χ0n) is 67.0. The number of aryl methyl sites for hydroxylation is 2. The van der Waals surface area contributed by atoms with Crippen LogP contribution in [0, 0.1) is 5.92 Å². The van der Waals surface area contributed by atoms with Crippen LogP contribution < -0.4 is 33.3 Å². The van der Waals surface area contributed by atoms with E-state index in [1.807, 2.05) is 73.4 Å². The molecule has 108 heavy (non-hydrogen) atoms. The molecule has 2 amide bonds. The molecule has 14 rings (SSSR count). The minimum absolute atomic E-state index is 0.0636. The van der Waals surface area contributed by atoms with Crippen LogP contribution >= 0.6 is 0 Å². The highest BCUT2D eigenvalue weighted by molar-refractivity contribution is 6.61. The average Bonchev–Trinajstić information content (AvgIpc) is 1.60. The van der Waals surface area contributed by atoms with Gasteiger partial charge >= 0.3 is 13.2 Å². The predicted octanol–water partition coefficient (Wildman–Crippen LogP) is 15.8. The Hall–Kier alpha value is -8.01. The van der Waals surface area contributed by atoms with Crippen molar-refractivity contribution >= 4 is 24.4 Å². The summed E-state index contributed by atoms with van der Waals surface area (Å²) in [6.45, 7) is 38.5. The monoisotopic (exact) mass is 1470 g/mol. The number of fused-ring (bicyclic) bond motifs is 6. The Balaban J connectivity index is 0.000000154. The Kier molecular flexibility index (Phi) is 30.4. The summed E-state index contributed by atoms with van der Waals surface area (Å²) in [6.07, 6.45) is 19.9. The number of pyridine rings is 5. The Labute approximate surface area is 643 Å². The standard InChI is InChI=1S/C21H26F2N4O.C21H28N4O.C12H17BO2.2C12H17N.C11H16N2/c1-14(2)17-9-18-12-27(8-7-19(18)25-10-17)11-15-3-5-16(6-4-15)20(28)26-13-21(22,23)24;1-15(2)18-11-19-14-25(10-7-20(19)24-12-18)13-16-3-5-17(6-4-16)21(26)23-9-8-22;1-4-12-10-7-9(8(2)3)5-6-11(10)13(14)15-12;1-8(2)11-6-10-4-9(3)5-12(10)13-7-11;1-8(2)10-6-11-9(3)4-5-12(11)13-7-10;1-7(2)8-5-9-10(12)3-4-11(9)13-6-8/h3-6,9-10,14H,7-8,11-13,24H2,1-2H3,(H,26,28);3-6,11-12,15H,7-10,13-14,22H2,1-2H3,(H,23,26);5-8,12,14H,4H2,1-3H3;2*6-9H,4-5H2,1-3H3;5-7,10H,3-4,12H2,1-2H3. The molecule has 0 radical (unpaired) electrons. The normalized spacial score (nSPS) is 17.5. The predicted molar refractivity (Wildman–Crippen MR) is 434 cm³/mol. The number of nitrogens with one attached hydrogen (secondary N) is 2. The summed E-state index contributed by atoms with van der Waals surface area (Å²) < 4.78 is 30.8. The Morgan fingerprint density at radius 2 is 0.972 bits per heavy atom. The van der Waals surface area contributed by atoms with Gasteiger partial charge in [-0.2, -0.15) is 8.78 Å². The summed E-state index contributed by atoms with van der Waals surface area (Å²) >= 11 is 0. The van der Waals surface area contributed by atoms with Crippen LogP contribution in [-0.2, 0) is 69.4 Å². The van der Waals surface area contributed by atoms with E-state index in [2.05, 4.69) is 197 Å². The first kappa shape index (κ1) is 84.0. The third-order valence-corrected chi connectivity index (χ3v) is 21.5. The van der Waals surface area contributed by atoms with Crippen LogP contribution in [0.4, 0.5) is 8.78 Å². The molecule has 0 fully saturated rings. The molecule has 0 saturated carbocycles. The first-order chi connectivity index (χ1) is 51.4. The number of nitrogens with two attached hydrogens (primary N) is 3. The van der Waals surface area contributed by atoms with Gasteiger partial charge in [-0.3, -0.25) is 50.0 Å². The Bertz CT molecular complexity index is 4190. The van der Waals surface area contributed by atoms with Crippen LogP contribution in [0.3, 0.4) is 0 Å². The van der Waals surface area contributed by atoms with Gasteiger partial charge in [0, 0.05) is 142 Å². The van der Waals surface area contributed by atoms with Gasteiger partial charge in [-0.05, 0) is 200 Å². The van der Waals surface area contributed by atoms with Crippen LogP contribution in [0.2, 0.25) is 0 Å². The zero-order valence-corrected chi connectivity index (χ0v) is 67.0. The molecule has 8 heterocycles. The van der Waals surface area contributed by atoms with Gasteiger partial charge in [0.2, 0.25) is 0 Å². The molecule has 19 heteroatoms. The van der Waals surface area contributed by atoms with E-state index >= 15 is 0 Å². The first-order valence-corrected chi connectivity index (χ1v) is 39.6. The minimum Gasteiger partial charge on any atom is -0.423 e. The number of alkyl halides is 2. The van der Waals surface area contributed by atoms with Crippen LogP contribution in [0.1, 0.15) is 304 Å². The van der Waals surface area contributed by atoms with E-state index in [-0.39, 0.29) is 18.1 Å². The first-order valence-electron chi connectivity index (χ1n) is 39.6. The number of carbonyl (C=O) groups excluding carboxylic acids is 2. The smallest absolute Gasteiger partial charge is 0.423 e. The van der Waals surface area contributed by atoms with Crippen LogP contribution in [0.25, 0.3) is 0 Å². The molecule has 3 aromatic carbocycles. The molecule has 4 atom stereocenters. The number of benzene rings is 3. The lowest BCUT2D eigenvalue weighted by atomic mass is 9.78. The molecule has 0 spiro atoms. The third-order valence-electron chi connectivity index (χ3n) is 21.5. The molecule has 8 aromatic rings. The molecule has 3 aliphatic carbocycles. The molecule has 4 unspecified atom stereocenters. The second-order valence-corrected chi connectivity index (χ2v) is 32.3. The van der Waals surface area contributed by atoms with Crippen molar-refractivity contribution in [2.75, 3.05) is 32.7 Å². The summed E-state index contributed by atoms with van der Waals surface area (Å²) in [5, 5.41) is 14.6. The van der Waals surface area contributed by atoms with Gasteiger partial charge in [-0.25, -0.2) is 0 Å². The average molecular weight is 1470 g/mol. The molecule has 9 N–H and O–H groups in total. The van der Waals surface area contributed by atoms with Gasteiger partial charge in [0.25, 0.3) is 11.8 Å². The maximum atomic E-state index is 12.7. The van der Waals surface area contributed by atoms with E-state index in [4.69, 9.17) is 16.1 Å². The lowest BCUT2D eigenvalue weighted by molar-refractivity contribution is 0.00921. The van der Waals surface area contributed by atoms with Crippen LogP contribution in [0.15, 0.2) is 128 Å². The third kappa shape index (κ3) is 23.5. The van der Waals surface area contributed by atoms with E-state index in [1.54, 1.807) is 12.1 Å². The molecule has 578 valence electrons. The van der Waals surface area contributed by atoms with Crippen molar-refractivity contribution in [2.45, 2.75) is 247 Å². The Morgan fingerprint density at radius 3 is 1.44 bits per heavy atom. The maximum Gasteiger partial charge on any atom is 0.491 e. The SMILES string of the molecule is CC(C)c1cnc2c(c1)C(C)CC2.CC(C)c1cnc2c(c1)C(N)CC2.CC(C)c1cnc2c(c1)CN(Cc1ccc(C(=O)NCC(N)(F)F)cc1)CC2.CC(C)c1cnc2c(c1)CN(Cc1ccc(C(=O)NCCN)cc1)CC2.CC1Cc2cc(C(C)C)cnc2C1.CCC1OB(O)c2ccc(C(C)C)cc21. The number of hydrogen-bond acceptors (Lipinski definition) is 14. The van der Waals surface area contributed by atoms with Crippen molar-refractivity contribution in [3.63, 3.8) is 0 Å². The molecular weight excluding hydrogens is 1350 g/mol. The summed E-state index contributed by atoms with van der Waals surface area (Å²) in [7, 11) is -0.730. The van der Waals surface area contributed by atoms with Crippen LogP contribution in [-0.4, -0.2) is 97.4 Å². The second kappa shape index (κ2) is 39.1. The highest BCUT2D eigenvalue weighted by atomic mass is 19.3. The number of halogens is 2. The number of aromatic nitrogens is 5. The van der Waals surface area contributed by atoms with Gasteiger partial charge in [0.05, 0.1) is 12.6 Å². The molecular formula is C89H121BF2N12O4. The van der Waals surface area contributed by atoms with Gasteiger partial charge in [0.15, 0.2) is 0 Å². The molecule has 6 aliphatic rings. The number of hydrogen-bond donors (Lipinski definition) is 6. The fourth-order valence-corrected chi connectivity index (χ4v) is 14.4. The summed E-state index contributed by atoms with van der Waals surface area (Å²) in [6, 6.07) is 29.4. The topological polar surface area (TPSA) is 237 Å². The quantitative estimate of drug-likeness (QED) is 0.0367. The van der Waals surface area contributed by atoms with Crippen LogP contribution in [0.5, 0.6) is 0 Å². The van der Waals surface area contributed by atoms with Gasteiger partial charge in [-0.1, -0.05) is 177 Å².